The van der Waals surface area contributed by atoms with E-state index in [-0.39, 0.29) is 0 Å². The summed E-state index contributed by atoms with van der Waals surface area (Å²) < 4.78 is 20.7. The Bertz CT molecular complexity index is 147. The lowest BCUT2D eigenvalue weighted by molar-refractivity contribution is 0.221. The highest BCUT2D eigenvalue weighted by Gasteiger charge is 2.18. The monoisotopic (exact) mass is 279 g/mol. The van der Waals surface area contributed by atoms with Gasteiger partial charge < -0.3 is 0 Å². The summed E-state index contributed by atoms with van der Waals surface area (Å²) in [7, 11) is -1.85. The van der Waals surface area contributed by atoms with Crippen molar-refractivity contribution in [3.8, 4) is 0 Å². The van der Waals surface area contributed by atoms with Gasteiger partial charge in [0.1, 0.15) is 13.2 Å². The summed E-state index contributed by atoms with van der Waals surface area (Å²) in [5.41, 5.74) is 0. The van der Waals surface area contributed by atoms with Gasteiger partial charge in [0.15, 0.2) is 0 Å². The molecule has 0 N–H and O–H groups in total. The highest BCUT2D eigenvalue weighted by atomic mass is 31.1. The normalized spacial score (nSPS) is 9.78. The first-order valence-electron chi connectivity index (χ1n) is 7.45. The molecule has 0 bridgehead atoms. The van der Waals surface area contributed by atoms with Crippen LogP contribution in [0.3, 0.4) is 0 Å². The van der Waals surface area contributed by atoms with Crippen molar-refractivity contribution in [2.24, 2.45) is 0 Å². The van der Waals surface area contributed by atoms with E-state index in [2.05, 4.69) is 27.7 Å². The second-order valence-electron chi connectivity index (χ2n) is 4.30. The predicted molar refractivity (Wildman–Crippen MR) is 79.1 cm³/mol. The van der Waals surface area contributed by atoms with Crippen LogP contribution in [0, 0.1) is 0 Å². The van der Waals surface area contributed by atoms with E-state index in [9.17, 15) is 4.57 Å². The van der Waals surface area contributed by atoms with E-state index >= 15 is 0 Å². The fourth-order valence-electron chi connectivity index (χ4n) is 1.10. The Kier molecular flexibility index (Phi) is 21.9. The van der Waals surface area contributed by atoms with Crippen molar-refractivity contribution in [3.05, 3.63) is 0 Å². The molecule has 0 aromatic heterocycles. The van der Waals surface area contributed by atoms with Crippen LogP contribution in [0.5, 0.6) is 0 Å². The predicted octanol–water partition coefficient (Wildman–Crippen LogP) is 5.86. The number of unbranched alkanes of at least 4 members (excludes halogenated alkanes) is 5. The molecule has 18 heavy (non-hydrogen) atoms. The smallest absolute Gasteiger partial charge is 0.119 e. The van der Waals surface area contributed by atoms with Crippen molar-refractivity contribution >= 4 is 8.25 Å². The summed E-state index contributed by atoms with van der Waals surface area (Å²) >= 11 is 0. The largest absolute Gasteiger partial charge is 0.697 e. The summed E-state index contributed by atoms with van der Waals surface area (Å²) in [6.45, 7) is 9.67. The minimum Gasteiger partial charge on any atom is -0.119 e. The van der Waals surface area contributed by atoms with Gasteiger partial charge in [0.25, 0.3) is 0 Å². The van der Waals surface area contributed by atoms with Gasteiger partial charge in [-0.2, -0.15) is 0 Å². The molecule has 3 nitrogen and oxygen atoms in total. The minimum absolute atomic E-state index is 0.540. The molecule has 0 saturated carbocycles. The lowest BCUT2D eigenvalue weighted by Gasteiger charge is -1.89. The second-order valence-corrected chi connectivity index (χ2v) is 5.27. The van der Waals surface area contributed by atoms with Gasteiger partial charge >= 0.3 is 8.25 Å². The van der Waals surface area contributed by atoms with Crippen LogP contribution >= 0.6 is 8.25 Å². The van der Waals surface area contributed by atoms with Gasteiger partial charge in [-0.05, 0) is 12.8 Å². The Morgan fingerprint density at radius 3 is 1.28 bits per heavy atom. The van der Waals surface area contributed by atoms with Gasteiger partial charge in [-0.25, -0.2) is 0 Å². The van der Waals surface area contributed by atoms with Crippen molar-refractivity contribution in [2.75, 3.05) is 13.2 Å². The zero-order valence-corrected chi connectivity index (χ0v) is 13.6. The van der Waals surface area contributed by atoms with Crippen LogP contribution in [0.2, 0.25) is 0 Å². The molecule has 0 saturated heterocycles. The molecule has 0 aliphatic carbocycles. The summed E-state index contributed by atoms with van der Waals surface area (Å²) in [6, 6.07) is 0. The van der Waals surface area contributed by atoms with Crippen molar-refractivity contribution < 1.29 is 13.6 Å². The van der Waals surface area contributed by atoms with Crippen molar-refractivity contribution in [1.29, 1.82) is 0 Å². The fraction of sp³-hybridized carbons (Fsp3) is 1.00. The summed E-state index contributed by atoms with van der Waals surface area (Å²) in [5, 5.41) is 0. The Hall–Kier alpha value is 0.0200. The first-order valence-corrected chi connectivity index (χ1v) is 8.55. The van der Waals surface area contributed by atoms with Gasteiger partial charge in [-0.15, -0.1) is 9.05 Å². The molecule has 0 aliphatic heterocycles. The lowest BCUT2D eigenvalue weighted by atomic mass is 10.2. The highest BCUT2D eigenvalue weighted by molar-refractivity contribution is 7.33. The van der Waals surface area contributed by atoms with E-state index in [0.29, 0.717) is 13.2 Å². The molecule has 110 valence electrons. The number of hydrogen-bond acceptors (Lipinski definition) is 3. The fourth-order valence-corrected chi connectivity index (χ4v) is 1.73. The third-order valence-electron chi connectivity index (χ3n) is 2.35. The van der Waals surface area contributed by atoms with Crippen LogP contribution in [0.4, 0.5) is 0 Å². The maximum atomic E-state index is 10.9. The standard InChI is InChI=1S/C8H18O3P.C6H14/c1-3-5-7-10-12(9)11-8-6-4-2;1-3-5-6-4-2/h3-8H2,1-2H3;3-6H2,1-2H3/q+1;. The number of rotatable bonds is 11. The van der Waals surface area contributed by atoms with Gasteiger partial charge in [0, 0.05) is 4.57 Å². The Morgan fingerprint density at radius 2 is 1.00 bits per heavy atom. The summed E-state index contributed by atoms with van der Waals surface area (Å²) in [6.07, 6.45) is 9.53. The third kappa shape index (κ3) is 21.3. The quantitative estimate of drug-likeness (QED) is 0.351. The lowest BCUT2D eigenvalue weighted by Crippen LogP contribution is -1.90. The molecule has 0 aromatic carbocycles. The molecule has 4 heteroatoms. The van der Waals surface area contributed by atoms with Crippen LogP contribution in [0.1, 0.15) is 79.1 Å². The maximum absolute atomic E-state index is 10.9. The zero-order chi connectivity index (χ0) is 14.1. The van der Waals surface area contributed by atoms with Gasteiger partial charge in [-0.3, -0.25) is 0 Å². The van der Waals surface area contributed by atoms with Crippen LogP contribution in [-0.4, -0.2) is 13.2 Å². The van der Waals surface area contributed by atoms with E-state index < -0.39 is 8.25 Å². The Balaban J connectivity index is 0. The van der Waals surface area contributed by atoms with E-state index in [1.54, 1.807) is 0 Å². The summed E-state index contributed by atoms with van der Waals surface area (Å²) in [4.78, 5) is 0. The highest BCUT2D eigenvalue weighted by Crippen LogP contribution is 2.24. The molecular formula is C14H32O3P+. The van der Waals surface area contributed by atoms with Crippen molar-refractivity contribution in [2.45, 2.75) is 79.1 Å². The van der Waals surface area contributed by atoms with E-state index in [4.69, 9.17) is 9.05 Å². The first-order chi connectivity index (χ1) is 8.72. The van der Waals surface area contributed by atoms with Gasteiger partial charge in [0.2, 0.25) is 0 Å². The van der Waals surface area contributed by atoms with E-state index in [1.165, 1.54) is 25.7 Å². The molecule has 0 spiro atoms. The number of hydrogen-bond donors (Lipinski definition) is 0. The maximum Gasteiger partial charge on any atom is 0.697 e. The van der Waals surface area contributed by atoms with Crippen molar-refractivity contribution in [3.63, 3.8) is 0 Å². The first kappa shape index (κ1) is 20.3. The molecular weight excluding hydrogens is 247 g/mol. The molecule has 0 unspecified atom stereocenters. The SMILES string of the molecule is CCCCCC.CCCCO[P+](=O)OCCCC. The molecule has 0 rings (SSSR count). The summed E-state index contributed by atoms with van der Waals surface area (Å²) in [5.74, 6) is 0. The van der Waals surface area contributed by atoms with Crippen LogP contribution < -0.4 is 0 Å². The van der Waals surface area contributed by atoms with Crippen LogP contribution in [-0.2, 0) is 13.6 Å². The molecule has 0 aromatic rings. The average molecular weight is 279 g/mol. The molecule has 0 atom stereocenters. The second kappa shape index (κ2) is 19.4. The average Bonchev–Trinajstić information content (AvgIpc) is 2.38. The Morgan fingerprint density at radius 1 is 0.667 bits per heavy atom. The third-order valence-corrected chi connectivity index (χ3v) is 3.13. The molecule has 0 aliphatic rings. The molecule has 0 fully saturated rings. The van der Waals surface area contributed by atoms with Gasteiger partial charge in [0.05, 0.1) is 0 Å². The minimum atomic E-state index is -1.85. The van der Waals surface area contributed by atoms with Gasteiger partial charge in [-0.1, -0.05) is 66.2 Å². The molecule has 0 heterocycles. The zero-order valence-electron chi connectivity index (χ0n) is 12.7. The van der Waals surface area contributed by atoms with Crippen LogP contribution in [0.25, 0.3) is 0 Å². The van der Waals surface area contributed by atoms with E-state index in [1.807, 2.05) is 0 Å². The van der Waals surface area contributed by atoms with Crippen molar-refractivity contribution in [1.82, 2.24) is 0 Å². The molecule has 0 amide bonds. The van der Waals surface area contributed by atoms with E-state index in [0.717, 1.165) is 25.7 Å². The van der Waals surface area contributed by atoms with Crippen LogP contribution in [0.15, 0.2) is 0 Å². The molecule has 0 radical (unpaired) electrons. The Labute approximate surface area is 115 Å². The topological polar surface area (TPSA) is 35.5 Å².